The van der Waals surface area contributed by atoms with Crippen molar-refractivity contribution in [3.8, 4) is 11.5 Å². The highest BCUT2D eigenvalue weighted by Gasteiger charge is 2.11. The zero-order valence-corrected chi connectivity index (χ0v) is 12.6. The second-order valence-corrected chi connectivity index (χ2v) is 5.26. The van der Waals surface area contributed by atoms with Gasteiger partial charge in [-0.3, -0.25) is 10.1 Å². The van der Waals surface area contributed by atoms with E-state index in [1.807, 2.05) is 24.3 Å². The van der Waals surface area contributed by atoms with Crippen molar-refractivity contribution in [1.29, 1.82) is 0 Å². The van der Waals surface area contributed by atoms with Crippen LogP contribution in [0.15, 0.2) is 42.5 Å². The lowest BCUT2D eigenvalue weighted by Crippen LogP contribution is -1.93. The third-order valence-electron chi connectivity index (χ3n) is 2.42. The maximum Gasteiger partial charge on any atom is 0.270 e. The maximum absolute atomic E-state index is 10.7. The fraction of sp³-hybridized carbons (Fsp3) is 0.0769. The number of rotatable bonds is 4. The van der Waals surface area contributed by atoms with E-state index < -0.39 is 4.92 Å². The van der Waals surface area contributed by atoms with E-state index in [-0.39, 0.29) is 11.6 Å². The van der Waals surface area contributed by atoms with Crippen molar-refractivity contribution in [2.24, 2.45) is 0 Å². The molecule has 0 aliphatic rings. The van der Waals surface area contributed by atoms with Crippen LogP contribution in [0.1, 0.15) is 5.56 Å². The summed E-state index contributed by atoms with van der Waals surface area (Å²) in [6, 6.07) is 11.9. The molecule has 0 saturated carbocycles. The van der Waals surface area contributed by atoms with E-state index in [2.05, 4.69) is 22.6 Å². The van der Waals surface area contributed by atoms with Crippen LogP contribution in [0, 0.1) is 13.7 Å². The van der Waals surface area contributed by atoms with Gasteiger partial charge in [-0.25, -0.2) is 0 Å². The normalized spacial score (nSPS) is 10.2. The number of alkyl halides is 1. The molecule has 0 unspecified atom stereocenters. The molecule has 2 rings (SSSR count). The molecule has 0 radical (unpaired) electrons. The molecule has 2 aromatic carbocycles. The van der Waals surface area contributed by atoms with Crippen LogP contribution < -0.4 is 4.74 Å². The van der Waals surface area contributed by atoms with Gasteiger partial charge < -0.3 is 4.74 Å². The molecule has 98 valence electrons. The van der Waals surface area contributed by atoms with Gasteiger partial charge in [0.1, 0.15) is 11.5 Å². The van der Waals surface area contributed by atoms with Gasteiger partial charge in [-0.05, 0) is 46.9 Å². The van der Waals surface area contributed by atoms with Crippen LogP contribution in [0.25, 0.3) is 0 Å². The molecule has 0 aliphatic carbocycles. The maximum atomic E-state index is 10.7. The third kappa shape index (κ3) is 3.57. The zero-order valence-electron chi connectivity index (χ0n) is 9.68. The molecule has 0 heterocycles. The van der Waals surface area contributed by atoms with Gasteiger partial charge in [-0.2, -0.15) is 0 Å². The predicted octanol–water partition coefficient (Wildman–Crippen LogP) is 4.73. The average Bonchev–Trinajstić information content (AvgIpc) is 2.39. The quantitative estimate of drug-likeness (QED) is 0.329. The first kappa shape index (κ1) is 14.1. The first-order chi connectivity index (χ1) is 9.10. The van der Waals surface area contributed by atoms with Crippen LogP contribution >= 0.6 is 34.2 Å². The molecular weight excluding hydrogens is 381 g/mol. The molecule has 0 aromatic heterocycles. The minimum atomic E-state index is -0.453. The minimum Gasteiger partial charge on any atom is -0.457 e. The minimum absolute atomic E-state index is 0.00522. The first-order valence-corrected chi connectivity index (χ1v) is 6.98. The van der Waals surface area contributed by atoms with Crippen molar-refractivity contribution < 1.29 is 9.66 Å². The molecule has 0 atom stereocenters. The van der Waals surface area contributed by atoms with Gasteiger partial charge >= 0.3 is 0 Å². The van der Waals surface area contributed by atoms with E-state index in [9.17, 15) is 10.1 Å². The molecule has 19 heavy (non-hydrogen) atoms. The number of nitrogens with zero attached hydrogens (tertiary/aromatic N) is 1. The number of nitro groups is 1. The summed E-state index contributed by atoms with van der Waals surface area (Å²) in [5, 5.41) is 10.7. The highest BCUT2D eigenvalue weighted by Crippen LogP contribution is 2.30. The lowest BCUT2D eigenvalue weighted by Gasteiger charge is -2.09. The fourth-order valence-corrected chi connectivity index (χ4v) is 2.26. The Bertz CT molecular complexity index is 619. The molecular formula is C13H9ClINO3. The Morgan fingerprint density at radius 1 is 1.26 bits per heavy atom. The summed E-state index contributed by atoms with van der Waals surface area (Å²) in [6.07, 6.45) is 0. The molecule has 0 spiro atoms. The van der Waals surface area contributed by atoms with Crippen LogP contribution in [0.2, 0.25) is 0 Å². The van der Waals surface area contributed by atoms with Crippen LogP contribution in [-0.2, 0) is 5.88 Å². The SMILES string of the molecule is O=[N+]([O-])c1ccc(Oc2cccc(I)c2)c(CCl)c1. The Labute approximate surface area is 128 Å². The van der Waals surface area contributed by atoms with E-state index in [1.165, 1.54) is 12.1 Å². The van der Waals surface area contributed by atoms with Gasteiger partial charge in [0.2, 0.25) is 0 Å². The second kappa shape index (κ2) is 6.21. The van der Waals surface area contributed by atoms with Crippen molar-refractivity contribution in [2.75, 3.05) is 0 Å². The summed E-state index contributed by atoms with van der Waals surface area (Å²) in [4.78, 5) is 10.3. The molecule has 6 heteroatoms. The number of ether oxygens (including phenoxy) is 1. The van der Waals surface area contributed by atoms with E-state index in [0.717, 1.165) is 3.57 Å². The molecule has 2 aromatic rings. The molecule has 0 bridgehead atoms. The van der Waals surface area contributed by atoms with Crippen molar-refractivity contribution >= 4 is 39.9 Å². The highest BCUT2D eigenvalue weighted by atomic mass is 127. The Kier molecular flexibility index (Phi) is 4.60. The number of halogens is 2. The number of benzene rings is 2. The molecule has 0 amide bonds. The molecule has 0 saturated heterocycles. The van der Waals surface area contributed by atoms with Crippen LogP contribution in [0.5, 0.6) is 11.5 Å². The van der Waals surface area contributed by atoms with E-state index in [4.69, 9.17) is 16.3 Å². The molecule has 0 N–H and O–H groups in total. The van der Waals surface area contributed by atoms with Gasteiger partial charge in [-0.1, -0.05) is 6.07 Å². The van der Waals surface area contributed by atoms with Gasteiger partial charge in [0.25, 0.3) is 5.69 Å². The monoisotopic (exact) mass is 389 g/mol. The number of hydrogen-bond acceptors (Lipinski definition) is 3. The summed E-state index contributed by atoms with van der Waals surface area (Å²) >= 11 is 7.99. The van der Waals surface area contributed by atoms with Gasteiger partial charge in [0.15, 0.2) is 0 Å². The van der Waals surface area contributed by atoms with Crippen molar-refractivity contribution in [3.05, 3.63) is 61.7 Å². The zero-order chi connectivity index (χ0) is 13.8. The summed E-state index contributed by atoms with van der Waals surface area (Å²) in [6.45, 7) is 0. The van der Waals surface area contributed by atoms with Crippen molar-refractivity contribution in [3.63, 3.8) is 0 Å². The lowest BCUT2D eigenvalue weighted by molar-refractivity contribution is -0.384. The number of hydrogen-bond donors (Lipinski definition) is 0. The summed E-state index contributed by atoms with van der Waals surface area (Å²) in [5.41, 5.74) is 0.598. The molecule has 0 fully saturated rings. The van der Waals surface area contributed by atoms with Gasteiger partial charge in [0, 0.05) is 21.3 Å². The summed E-state index contributed by atoms with van der Waals surface area (Å²) in [7, 11) is 0. The Morgan fingerprint density at radius 3 is 2.68 bits per heavy atom. The summed E-state index contributed by atoms with van der Waals surface area (Å²) < 4.78 is 6.75. The highest BCUT2D eigenvalue weighted by molar-refractivity contribution is 14.1. The smallest absolute Gasteiger partial charge is 0.270 e. The van der Waals surface area contributed by atoms with Crippen LogP contribution in [-0.4, -0.2) is 4.92 Å². The number of nitro benzene ring substituents is 1. The second-order valence-electron chi connectivity index (χ2n) is 3.74. The van der Waals surface area contributed by atoms with Gasteiger partial charge in [-0.15, -0.1) is 11.6 Å². The van der Waals surface area contributed by atoms with E-state index in [1.54, 1.807) is 6.07 Å². The average molecular weight is 390 g/mol. The van der Waals surface area contributed by atoms with Crippen molar-refractivity contribution in [2.45, 2.75) is 5.88 Å². The van der Waals surface area contributed by atoms with Crippen LogP contribution in [0.4, 0.5) is 5.69 Å². The largest absolute Gasteiger partial charge is 0.457 e. The fourth-order valence-electron chi connectivity index (χ4n) is 1.54. The molecule has 0 aliphatic heterocycles. The Balaban J connectivity index is 2.32. The lowest BCUT2D eigenvalue weighted by atomic mass is 10.2. The Morgan fingerprint density at radius 2 is 2.05 bits per heavy atom. The predicted molar refractivity (Wildman–Crippen MR) is 81.9 cm³/mol. The van der Waals surface area contributed by atoms with Gasteiger partial charge in [0.05, 0.1) is 10.8 Å². The Hall–Kier alpha value is -1.34. The van der Waals surface area contributed by atoms with E-state index in [0.29, 0.717) is 17.1 Å². The first-order valence-electron chi connectivity index (χ1n) is 5.37. The standard InChI is InChI=1S/C13H9ClINO3/c14-8-9-6-11(16(17)18)4-5-13(9)19-12-3-1-2-10(15)7-12/h1-7H,8H2. The summed E-state index contributed by atoms with van der Waals surface area (Å²) in [5.74, 6) is 1.36. The van der Waals surface area contributed by atoms with E-state index >= 15 is 0 Å². The number of non-ortho nitro benzene ring substituents is 1. The van der Waals surface area contributed by atoms with Crippen molar-refractivity contribution in [1.82, 2.24) is 0 Å². The molecule has 4 nitrogen and oxygen atoms in total. The topological polar surface area (TPSA) is 52.4 Å². The third-order valence-corrected chi connectivity index (χ3v) is 3.38. The van der Waals surface area contributed by atoms with Crippen LogP contribution in [0.3, 0.4) is 0 Å².